The minimum Gasteiger partial charge on any atom is -0.396 e. The first-order valence-corrected chi connectivity index (χ1v) is 8.35. The zero-order valence-electron chi connectivity index (χ0n) is 11.6. The fourth-order valence-electron chi connectivity index (χ4n) is 1.52. The third-order valence-electron chi connectivity index (χ3n) is 3.09. The number of aliphatic hydroxyl groups is 1. The van der Waals surface area contributed by atoms with Crippen molar-refractivity contribution in [3.63, 3.8) is 0 Å². The van der Waals surface area contributed by atoms with Crippen molar-refractivity contribution in [2.24, 2.45) is 5.92 Å². The Bertz CT molecular complexity index is 600. The minimum absolute atomic E-state index is 0.0450. The summed E-state index contributed by atoms with van der Waals surface area (Å²) in [4.78, 5) is 12.0. The second kappa shape index (κ2) is 6.56. The summed E-state index contributed by atoms with van der Waals surface area (Å²) in [7, 11) is -3.49. The molecule has 0 aromatic heterocycles. The lowest BCUT2D eigenvalue weighted by molar-refractivity contribution is 0.0916. The van der Waals surface area contributed by atoms with Gasteiger partial charge in [-0.25, -0.2) is 8.42 Å². The van der Waals surface area contributed by atoms with Crippen molar-refractivity contribution in [3.05, 3.63) is 28.8 Å². The molecular formula is C13H18ClNO4S. The highest BCUT2D eigenvalue weighted by Gasteiger charge is 2.18. The molecule has 2 unspecified atom stereocenters. The van der Waals surface area contributed by atoms with E-state index in [0.717, 1.165) is 6.26 Å². The number of nitrogens with one attached hydrogen (secondary N) is 1. The molecule has 5 nitrogen and oxygen atoms in total. The van der Waals surface area contributed by atoms with Crippen molar-refractivity contribution < 1.29 is 18.3 Å². The molecule has 1 aromatic rings. The fourth-order valence-corrected chi connectivity index (χ4v) is 2.82. The molecule has 7 heteroatoms. The standard InChI is InChI=1S/C13H18ClNO4S/c1-8(7-16)9(2)15-13(17)10-4-5-11(14)12(6-10)20(3,18)19/h4-6,8-9,16H,7H2,1-3H3,(H,15,17). The van der Waals surface area contributed by atoms with Crippen LogP contribution in [0.1, 0.15) is 24.2 Å². The number of hydrogen-bond acceptors (Lipinski definition) is 4. The van der Waals surface area contributed by atoms with Gasteiger partial charge in [0.05, 0.1) is 9.92 Å². The van der Waals surface area contributed by atoms with Gasteiger partial charge in [0.15, 0.2) is 9.84 Å². The maximum Gasteiger partial charge on any atom is 0.251 e. The largest absolute Gasteiger partial charge is 0.396 e. The van der Waals surface area contributed by atoms with Gasteiger partial charge in [0.1, 0.15) is 0 Å². The normalized spacial score (nSPS) is 14.7. The highest BCUT2D eigenvalue weighted by atomic mass is 35.5. The number of halogens is 1. The van der Waals surface area contributed by atoms with Crippen LogP contribution in [0.25, 0.3) is 0 Å². The Balaban J connectivity index is 3.01. The topological polar surface area (TPSA) is 83.5 Å². The Morgan fingerprint density at radius 3 is 2.50 bits per heavy atom. The lowest BCUT2D eigenvalue weighted by atomic mass is 10.0. The van der Waals surface area contributed by atoms with Gasteiger partial charge < -0.3 is 10.4 Å². The van der Waals surface area contributed by atoms with Crippen LogP contribution in [0.15, 0.2) is 23.1 Å². The molecule has 0 radical (unpaired) electrons. The van der Waals surface area contributed by atoms with Crippen molar-refractivity contribution in [2.75, 3.05) is 12.9 Å². The van der Waals surface area contributed by atoms with Crippen LogP contribution in [-0.2, 0) is 9.84 Å². The molecule has 2 atom stereocenters. The summed E-state index contributed by atoms with van der Waals surface area (Å²) in [6, 6.07) is 3.86. The predicted molar refractivity (Wildman–Crippen MR) is 77.7 cm³/mol. The van der Waals surface area contributed by atoms with E-state index in [1.807, 2.05) is 0 Å². The van der Waals surface area contributed by atoms with Crippen LogP contribution in [0.4, 0.5) is 0 Å². The number of sulfone groups is 1. The Labute approximate surface area is 123 Å². The highest BCUT2D eigenvalue weighted by molar-refractivity contribution is 7.90. The molecule has 0 spiro atoms. The summed E-state index contributed by atoms with van der Waals surface area (Å²) < 4.78 is 23.1. The monoisotopic (exact) mass is 319 g/mol. The van der Waals surface area contributed by atoms with Gasteiger partial charge in [0.25, 0.3) is 5.91 Å². The van der Waals surface area contributed by atoms with Gasteiger partial charge in [-0.1, -0.05) is 18.5 Å². The molecule has 1 aromatic carbocycles. The smallest absolute Gasteiger partial charge is 0.251 e. The molecule has 20 heavy (non-hydrogen) atoms. The Kier molecular flexibility index (Phi) is 5.56. The van der Waals surface area contributed by atoms with Crippen molar-refractivity contribution in [1.82, 2.24) is 5.32 Å². The van der Waals surface area contributed by atoms with Crippen molar-refractivity contribution >= 4 is 27.3 Å². The Morgan fingerprint density at radius 2 is 2.00 bits per heavy atom. The van der Waals surface area contributed by atoms with Gasteiger partial charge in [-0.3, -0.25) is 4.79 Å². The maximum atomic E-state index is 12.0. The van der Waals surface area contributed by atoms with Crippen molar-refractivity contribution in [2.45, 2.75) is 24.8 Å². The van der Waals surface area contributed by atoms with Gasteiger partial charge >= 0.3 is 0 Å². The summed E-state index contributed by atoms with van der Waals surface area (Å²) in [5.41, 5.74) is 0.215. The zero-order valence-corrected chi connectivity index (χ0v) is 13.1. The Hall–Kier alpha value is -1.11. The molecular weight excluding hydrogens is 302 g/mol. The van der Waals surface area contributed by atoms with Gasteiger partial charge in [-0.15, -0.1) is 0 Å². The quantitative estimate of drug-likeness (QED) is 0.861. The fraction of sp³-hybridized carbons (Fsp3) is 0.462. The molecule has 0 fully saturated rings. The number of carbonyl (C=O) groups is 1. The summed E-state index contributed by atoms with van der Waals surface area (Å²) in [5.74, 6) is -0.500. The minimum atomic E-state index is -3.49. The van der Waals surface area contributed by atoms with E-state index in [0.29, 0.717) is 0 Å². The lowest BCUT2D eigenvalue weighted by Gasteiger charge is -2.19. The molecule has 1 amide bonds. The third-order valence-corrected chi connectivity index (χ3v) is 4.67. The van der Waals surface area contributed by atoms with Crippen LogP contribution in [0.3, 0.4) is 0 Å². The molecule has 2 N–H and O–H groups in total. The third kappa shape index (κ3) is 4.19. The van der Waals surface area contributed by atoms with Gasteiger partial charge in [-0.2, -0.15) is 0 Å². The van der Waals surface area contributed by atoms with E-state index in [4.69, 9.17) is 16.7 Å². The average Bonchev–Trinajstić information content (AvgIpc) is 2.36. The molecule has 0 aliphatic carbocycles. The number of rotatable bonds is 5. The Morgan fingerprint density at radius 1 is 1.40 bits per heavy atom. The van der Waals surface area contributed by atoms with Gasteiger partial charge in [-0.05, 0) is 31.0 Å². The van der Waals surface area contributed by atoms with Crippen LogP contribution < -0.4 is 5.32 Å². The van der Waals surface area contributed by atoms with E-state index in [1.54, 1.807) is 13.8 Å². The average molecular weight is 320 g/mol. The molecule has 112 valence electrons. The summed E-state index contributed by atoms with van der Waals surface area (Å²) in [6.07, 6.45) is 1.03. The second-order valence-electron chi connectivity index (χ2n) is 4.84. The molecule has 1 rings (SSSR count). The molecule has 0 bridgehead atoms. The van der Waals surface area contributed by atoms with Crippen LogP contribution in [-0.4, -0.2) is 38.3 Å². The number of hydrogen-bond donors (Lipinski definition) is 2. The molecule has 0 heterocycles. The van der Waals surface area contributed by atoms with E-state index < -0.39 is 15.7 Å². The van der Waals surface area contributed by atoms with E-state index in [9.17, 15) is 13.2 Å². The first kappa shape index (κ1) is 16.9. The van der Waals surface area contributed by atoms with Crippen molar-refractivity contribution in [1.29, 1.82) is 0 Å². The SMILES string of the molecule is CC(CO)C(C)NC(=O)c1ccc(Cl)c(S(C)(=O)=O)c1. The van der Waals surface area contributed by atoms with Crippen molar-refractivity contribution in [3.8, 4) is 0 Å². The lowest BCUT2D eigenvalue weighted by Crippen LogP contribution is -2.38. The van der Waals surface area contributed by atoms with E-state index in [-0.39, 0.29) is 34.0 Å². The number of carbonyl (C=O) groups excluding carboxylic acids is 1. The summed E-state index contributed by atoms with van der Waals surface area (Å²) in [6.45, 7) is 3.53. The van der Waals surface area contributed by atoms with Gasteiger partial charge in [0.2, 0.25) is 0 Å². The number of aliphatic hydroxyl groups excluding tert-OH is 1. The van der Waals surface area contributed by atoms with Gasteiger partial charge in [0, 0.05) is 24.5 Å². The summed E-state index contributed by atoms with van der Waals surface area (Å²) in [5, 5.41) is 11.8. The van der Waals surface area contributed by atoms with Crippen LogP contribution in [0.2, 0.25) is 5.02 Å². The van der Waals surface area contributed by atoms with E-state index >= 15 is 0 Å². The first-order valence-electron chi connectivity index (χ1n) is 6.08. The van der Waals surface area contributed by atoms with Crippen LogP contribution >= 0.6 is 11.6 Å². The molecule has 0 aliphatic heterocycles. The predicted octanol–water partition coefficient (Wildman–Crippen LogP) is 1.49. The second-order valence-corrected chi connectivity index (χ2v) is 7.23. The summed E-state index contributed by atoms with van der Waals surface area (Å²) >= 11 is 5.82. The zero-order chi connectivity index (χ0) is 15.5. The molecule has 0 saturated heterocycles. The van der Waals surface area contributed by atoms with Crippen LogP contribution in [0, 0.1) is 5.92 Å². The highest BCUT2D eigenvalue weighted by Crippen LogP contribution is 2.22. The van der Waals surface area contributed by atoms with E-state index in [2.05, 4.69) is 5.32 Å². The molecule has 0 saturated carbocycles. The van der Waals surface area contributed by atoms with E-state index in [1.165, 1.54) is 18.2 Å². The number of amides is 1. The molecule has 0 aliphatic rings. The first-order chi connectivity index (χ1) is 9.16. The number of benzene rings is 1. The maximum absolute atomic E-state index is 12.0. The van der Waals surface area contributed by atoms with Crippen LogP contribution in [0.5, 0.6) is 0 Å².